The average Bonchev–Trinajstić information content (AvgIpc) is 3.04. The number of nitrogens with one attached hydrogen (secondary N) is 3. The van der Waals surface area contributed by atoms with Crippen molar-refractivity contribution in [1.82, 2.24) is 14.9 Å². The lowest BCUT2D eigenvalue weighted by molar-refractivity contribution is -0.122. The number of carbonyl (C=O) groups is 2. The van der Waals surface area contributed by atoms with Gasteiger partial charge in [0.1, 0.15) is 17.4 Å². The van der Waals surface area contributed by atoms with Crippen LogP contribution in [0.2, 0.25) is 0 Å². The standard InChI is InChI=1S/C34H42N6O7S/c1-33(2,3)47-32(42)40-17-10-9-16-28(40)31(41)36-22-12-11-13-25(19-22)48(43,44)39-30-29(37-26-14-7-8-15-27(26)38-30)35-23-18-24(45-5)21-34(4,20-23)46-6/h7-8,11-15,18-19,21,28H,9-10,16-17,20H2,1-6H3,(H,35,37)(H,36,41)(H,38,39). The number of carbonyl (C=O) groups excluding carboxylic acids is 2. The fraction of sp³-hybridized carbons (Fsp3) is 0.412. The van der Waals surface area contributed by atoms with Gasteiger partial charge in [-0.15, -0.1) is 0 Å². The quantitative estimate of drug-likeness (QED) is 0.253. The van der Waals surface area contributed by atoms with Crippen molar-refractivity contribution in [3.8, 4) is 0 Å². The van der Waals surface area contributed by atoms with E-state index in [1.807, 2.05) is 19.1 Å². The predicted molar refractivity (Wildman–Crippen MR) is 183 cm³/mol. The smallest absolute Gasteiger partial charge is 0.410 e. The number of nitrogens with zero attached hydrogens (tertiary/aromatic N) is 3. The minimum absolute atomic E-state index is 0.0214. The molecule has 2 unspecified atom stereocenters. The highest BCUT2D eigenvalue weighted by Crippen LogP contribution is 2.33. The summed E-state index contributed by atoms with van der Waals surface area (Å²) in [5.74, 6) is 0.309. The Bertz CT molecular complexity index is 1870. The second-order valence-electron chi connectivity index (χ2n) is 13.0. The Labute approximate surface area is 280 Å². The molecular weight excluding hydrogens is 636 g/mol. The molecule has 0 spiro atoms. The molecule has 1 fully saturated rings. The van der Waals surface area contributed by atoms with E-state index in [2.05, 4.69) is 25.3 Å². The Balaban J connectivity index is 1.39. The SMILES string of the molecule is COC1=CC(C)(OC)CC(Nc2nc3ccccc3nc2NS(=O)(=O)c2cccc(NC(=O)C3CCCCN3C(=O)OC(C)(C)C)c2)=C1. The summed E-state index contributed by atoms with van der Waals surface area (Å²) in [5.41, 5.74) is 0.600. The van der Waals surface area contributed by atoms with Crippen LogP contribution in [0.15, 0.2) is 77.0 Å². The van der Waals surface area contributed by atoms with E-state index in [9.17, 15) is 18.0 Å². The van der Waals surface area contributed by atoms with Crippen LogP contribution in [-0.4, -0.2) is 73.3 Å². The third-order valence-electron chi connectivity index (χ3n) is 7.93. The Morgan fingerprint density at radius 2 is 1.71 bits per heavy atom. The molecule has 3 N–H and O–H groups in total. The highest BCUT2D eigenvalue weighted by Gasteiger charge is 2.35. The maximum absolute atomic E-state index is 13.8. The van der Waals surface area contributed by atoms with Gasteiger partial charge in [-0.1, -0.05) is 18.2 Å². The third kappa shape index (κ3) is 8.23. The van der Waals surface area contributed by atoms with E-state index < -0.39 is 39.3 Å². The molecule has 0 bridgehead atoms. The number of hydrogen-bond acceptors (Lipinski definition) is 10. The van der Waals surface area contributed by atoms with Gasteiger partial charge in [-0.25, -0.2) is 23.2 Å². The Morgan fingerprint density at radius 3 is 2.38 bits per heavy atom. The summed E-state index contributed by atoms with van der Waals surface area (Å²) in [6.07, 6.45) is 5.51. The first-order valence-corrected chi connectivity index (χ1v) is 17.2. The Kier molecular flexibility index (Phi) is 9.97. The highest BCUT2D eigenvalue weighted by molar-refractivity contribution is 7.92. The maximum Gasteiger partial charge on any atom is 0.410 e. The summed E-state index contributed by atoms with van der Waals surface area (Å²) >= 11 is 0. The minimum atomic E-state index is -4.22. The highest BCUT2D eigenvalue weighted by atomic mass is 32.2. The molecule has 0 saturated carbocycles. The summed E-state index contributed by atoms with van der Waals surface area (Å²) in [6.45, 7) is 7.60. The van der Waals surface area contributed by atoms with Crippen LogP contribution in [0.5, 0.6) is 0 Å². The first-order valence-electron chi connectivity index (χ1n) is 15.7. The number of amides is 2. The molecule has 2 atom stereocenters. The molecule has 2 aliphatic rings. The molecule has 256 valence electrons. The molecule has 14 heteroatoms. The van der Waals surface area contributed by atoms with Crippen LogP contribution in [0.1, 0.15) is 53.4 Å². The molecule has 5 rings (SSSR count). The number of ether oxygens (including phenoxy) is 3. The monoisotopic (exact) mass is 678 g/mol. The maximum atomic E-state index is 13.8. The van der Waals surface area contributed by atoms with Gasteiger partial charge in [0, 0.05) is 31.5 Å². The Hall–Kier alpha value is -4.69. The van der Waals surface area contributed by atoms with Gasteiger partial charge in [-0.2, -0.15) is 0 Å². The molecule has 2 aromatic carbocycles. The van der Waals surface area contributed by atoms with Gasteiger partial charge in [0.15, 0.2) is 11.6 Å². The van der Waals surface area contributed by atoms with E-state index in [0.717, 1.165) is 12.8 Å². The largest absolute Gasteiger partial charge is 0.497 e. The molecule has 48 heavy (non-hydrogen) atoms. The van der Waals surface area contributed by atoms with E-state index in [1.165, 1.54) is 23.1 Å². The second kappa shape index (κ2) is 13.8. The van der Waals surface area contributed by atoms with Gasteiger partial charge < -0.3 is 24.8 Å². The number of rotatable bonds is 9. The zero-order chi connectivity index (χ0) is 34.7. The van der Waals surface area contributed by atoms with E-state index in [-0.39, 0.29) is 22.2 Å². The number of aromatic nitrogens is 2. The molecule has 1 aromatic heterocycles. The number of sulfonamides is 1. The number of methoxy groups -OCH3 is 2. The lowest BCUT2D eigenvalue weighted by atomic mass is 9.94. The van der Waals surface area contributed by atoms with Crippen LogP contribution in [0.4, 0.5) is 22.1 Å². The van der Waals surface area contributed by atoms with E-state index in [1.54, 1.807) is 65.3 Å². The van der Waals surface area contributed by atoms with Gasteiger partial charge >= 0.3 is 6.09 Å². The van der Waals surface area contributed by atoms with Crippen LogP contribution < -0.4 is 15.4 Å². The van der Waals surface area contributed by atoms with Crippen molar-refractivity contribution in [2.45, 2.75) is 75.5 Å². The number of fused-ring (bicyclic) bond motifs is 1. The number of hydrogen-bond donors (Lipinski definition) is 3. The minimum Gasteiger partial charge on any atom is -0.497 e. The van der Waals surface area contributed by atoms with Gasteiger partial charge in [0.05, 0.1) is 28.6 Å². The van der Waals surface area contributed by atoms with Crippen molar-refractivity contribution >= 4 is 50.4 Å². The number of para-hydroxylation sites is 2. The average molecular weight is 679 g/mol. The number of allylic oxidation sites excluding steroid dienone is 1. The van der Waals surface area contributed by atoms with Crippen LogP contribution in [-0.2, 0) is 29.0 Å². The number of piperidine rings is 1. The molecule has 13 nitrogen and oxygen atoms in total. The van der Waals surface area contributed by atoms with Crippen molar-refractivity contribution in [1.29, 1.82) is 0 Å². The van der Waals surface area contributed by atoms with Gasteiger partial charge in [-0.3, -0.25) is 14.4 Å². The summed E-state index contributed by atoms with van der Waals surface area (Å²) in [5, 5.41) is 6.02. The van der Waals surface area contributed by atoms with Crippen LogP contribution in [0.25, 0.3) is 11.0 Å². The lowest BCUT2D eigenvalue weighted by Crippen LogP contribution is -2.51. The van der Waals surface area contributed by atoms with E-state index in [0.29, 0.717) is 41.9 Å². The van der Waals surface area contributed by atoms with Crippen LogP contribution in [0, 0.1) is 0 Å². The second-order valence-corrected chi connectivity index (χ2v) is 14.6. The fourth-order valence-corrected chi connectivity index (χ4v) is 6.58. The van der Waals surface area contributed by atoms with Gasteiger partial charge in [0.25, 0.3) is 10.0 Å². The summed E-state index contributed by atoms with van der Waals surface area (Å²) in [7, 11) is -1.07. The van der Waals surface area contributed by atoms with E-state index in [4.69, 9.17) is 14.2 Å². The summed E-state index contributed by atoms with van der Waals surface area (Å²) in [6, 6.07) is 12.2. The van der Waals surface area contributed by atoms with Gasteiger partial charge in [-0.05, 0) is 89.4 Å². The number of likely N-dealkylation sites (tertiary alicyclic amines) is 1. The molecule has 1 saturated heterocycles. The van der Waals surface area contributed by atoms with Crippen molar-refractivity contribution in [2.24, 2.45) is 0 Å². The summed E-state index contributed by atoms with van der Waals surface area (Å²) < 4.78 is 46.9. The van der Waals surface area contributed by atoms with E-state index >= 15 is 0 Å². The van der Waals surface area contributed by atoms with Crippen LogP contribution >= 0.6 is 0 Å². The lowest BCUT2D eigenvalue weighted by Gasteiger charge is -2.35. The first kappa shape index (κ1) is 34.6. The topological polar surface area (TPSA) is 161 Å². The number of anilines is 3. The van der Waals surface area contributed by atoms with Crippen molar-refractivity contribution in [3.63, 3.8) is 0 Å². The molecular formula is C34H42N6O7S. The Morgan fingerprint density at radius 1 is 1.00 bits per heavy atom. The summed E-state index contributed by atoms with van der Waals surface area (Å²) in [4.78, 5) is 36.8. The van der Waals surface area contributed by atoms with Crippen molar-refractivity contribution in [3.05, 3.63) is 72.1 Å². The third-order valence-corrected chi connectivity index (χ3v) is 9.27. The van der Waals surface area contributed by atoms with Crippen molar-refractivity contribution in [2.75, 3.05) is 36.1 Å². The van der Waals surface area contributed by atoms with Crippen molar-refractivity contribution < 1.29 is 32.2 Å². The molecule has 2 heterocycles. The normalized spacial score (nSPS) is 20.0. The number of benzene rings is 2. The zero-order valence-corrected chi connectivity index (χ0v) is 28.8. The van der Waals surface area contributed by atoms with Crippen LogP contribution in [0.3, 0.4) is 0 Å². The fourth-order valence-electron chi connectivity index (χ4n) is 5.53. The molecule has 1 aliphatic heterocycles. The molecule has 3 aromatic rings. The molecule has 1 aliphatic carbocycles. The molecule has 0 radical (unpaired) electrons. The predicted octanol–water partition coefficient (Wildman–Crippen LogP) is 5.79. The van der Waals surface area contributed by atoms with Gasteiger partial charge in [0.2, 0.25) is 5.91 Å². The zero-order valence-electron chi connectivity index (χ0n) is 28.0. The molecule has 2 amide bonds. The first-order chi connectivity index (χ1) is 22.7.